The maximum Gasteiger partial charge on any atom is 0.270 e. The summed E-state index contributed by atoms with van der Waals surface area (Å²) in [6.45, 7) is 1.19. The first-order valence-corrected chi connectivity index (χ1v) is 11.2. The number of nitrogens with zero attached hydrogens (tertiary/aromatic N) is 5. The lowest BCUT2D eigenvalue weighted by atomic mass is 9.98. The summed E-state index contributed by atoms with van der Waals surface area (Å²) in [5, 5.41) is 9.67. The number of aromatic nitrogens is 2. The normalized spacial score (nSPS) is 17.6. The van der Waals surface area contributed by atoms with E-state index in [9.17, 15) is 18.7 Å². The summed E-state index contributed by atoms with van der Waals surface area (Å²) in [5.41, 5.74) is 6.74. The van der Waals surface area contributed by atoms with Gasteiger partial charge in [-0.15, -0.1) is 11.3 Å². The van der Waals surface area contributed by atoms with Crippen LogP contribution in [0.25, 0.3) is 10.6 Å². The molecule has 0 atom stereocenters. The number of aliphatic imine (C=N–C) groups is 1. The average molecular weight is 463 g/mol. The summed E-state index contributed by atoms with van der Waals surface area (Å²) in [6, 6.07) is 3.40. The zero-order valence-corrected chi connectivity index (χ0v) is 18.2. The molecule has 32 heavy (non-hydrogen) atoms. The van der Waals surface area contributed by atoms with Gasteiger partial charge in [-0.3, -0.25) is 14.7 Å². The van der Waals surface area contributed by atoms with E-state index < -0.39 is 12.6 Å². The van der Waals surface area contributed by atoms with E-state index in [4.69, 9.17) is 5.73 Å². The molecule has 2 aromatic rings. The Morgan fingerprint density at radius 3 is 2.75 bits per heavy atom. The number of pyridine rings is 1. The smallest absolute Gasteiger partial charge is 0.270 e. The molecule has 11 heteroatoms. The zero-order valence-electron chi connectivity index (χ0n) is 17.4. The first-order valence-electron chi connectivity index (χ1n) is 10.4. The van der Waals surface area contributed by atoms with E-state index in [0.717, 1.165) is 37.3 Å². The molecule has 1 amide bonds. The molecule has 2 aliphatic heterocycles. The standard InChI is InChI=1S/C21H24F2N6O2S/c22-5-6-25-10-14(9-24)29-11-16-18(21(29)31)32-20(26-16)15-1-2-17(27-19(15)23)28-7-3-13(12-30)4-8-28/h1-2,9-10,13,30H,3-8,11-12,24H2. The molecule has 4 heterocycles. The predicted octanol–water partition coefficient (Wildman–Crippen LogP) is 2.35. The molecule has 0 radical (unpaired) electrons. The Balaban J connectivity index is 1.50. The van der Waals surface area contributed by atoms with E-state index in [-0.39, 0.29) is 37.1 Å². The van der Waals surface area contributed by atoms with Crippen molar-refractivity contribution in [2.24, 2.45) is 16.6 Å². The molecule has 2 aliphatic rings. The third-order valence-electron chi connectivity index (χ3n) is 5.63. The Bertz CT molecular complexity index is 1050. The van der Waals surface area contributed by atoms with Gasteiger partial charge in [0.15, 0.2) is 0 Å². The second-order valence-corrected chi connectivity index (χ2v) is 8.62. The van der Waals surface area contributed by atoms with Gasteiger partial charge in [-0.05, 0) is 30.9 Å². The molecule has 0 bridgehead atoms. The van der Waals surface area contributed by atoms with Gasteiger partial charge in [-0.25, -0.2) is 14.4 Å². The van der Waals surface area contributed by atoms with Crippen LogP contribution in [-0.2, 0) is 6.54 Å². The molecule has 0 unspecified atom stereocenters. The Morgan fingerprint density at radius 1 is 1.34 bits per heavy atom. The van der Waals surface area contributed by atoms with Gasteiger partial charge in [0, 0.05) is 32.1 Å². The van der Waals surface area contributed by atoms with Crippen LogP contribution < -0.4 is 10.6 Å². The lowest BCUT2D eigenvalue weighted by Crippen LogP contribution is -2.35. The van der Waals surface area contributed by atoms with Gasteiger partial charge < -0.3 is 15.7 Å². The van der Waals surface area contributed by atoms with Gasteiger partial charge in [0.1, 0.15) is 22.4 Å². The van der Waals surface area contributed by atoms with Crippen LogP contribution in [0.1, 0.15) is 28.2 Å². The number of allylic oxidation sites excluding steroid dienone is 1. The number of hydrogen-bond acceptors (Lipinski definition) is 8. The van der Waals surface area contributed by atoms with Gasteiger partial charge in [-0.1, -0.05) is 0 Å². The van der Waals surface area contributed by atoms with Crippen molar-refractivity contribution >= 4 is 29.3 Å². The maximum atomic E-state index is 14.8. The highest BCUT2D eigenvalue weighted by atomic mass is 32.1. The number of halogens is 2. The summed E-state index contributed by atoms with van der Waals surface area (Å²) >= 11 is 1.11. The minimum Gasteiger partial charge on any atom is -0.403 e. The van der Waals surface area contributed by atoms with Gasteiger partial charge in [0.05, 0.1) is 30.0 Å². The number of alkyl halides is 1. The van der Waals surface area contributed by atoms with E-state index in [2.05, 4.69) is 15.0 Å². The number of thiazole rings is 1. The van der Waals surface area contributed by atoms with Crippen LogP contribution in [0.3, 0.4) is 0 Å². The van der Waals surface area contributed by atoms with E-state index in [1.54, 1.807) is 12.1 Å². The van der Waals surface area contributed by atoms with Crippen molar-refractivity contribution in [3.63, 3.8) is 0 Å². The van der Waals surface area contributed by atoms with Crippen LogP contribution in [0.4, 0.5) is 14.6 Å². The maximum absolute atomic E-state index is 14.8. The molecule has 3 N–H and O–H groups in total. The monoisotopic (exact) mass is 462 g/mol. The van der Waals surface area contributed by atoms with Crippen LogP contribution in [0.15, 0.2) is 29.0 Å². The van der Waals surface area contributed by atoms with Crippen LogP contribution in [-0.4, -0.2) is 65.0 Å². The Morgan fingerprint density at radius 2 is 2.12 bits per heavy atom. The van der Waals surface area contributed by atoms with E-state index in [0.29, 0.717) is 27.1 Å². The molecule has 1 fully saturated rings. The number of carbonyl (C=O) groups excluding carboxylic acids is 1. The van der Waals surface area contributed by atoms with Crippen molar-refractivity contribution in [3.05, 3.63) is 40.5 Å². The van der Waals surface area contributed by atoms with E-state index in [1.165, 1.54) is 17.3 Å². The highest BCUT2D eigenvalue weighted by Gasteiger charge is 2.34. The predicted molar refractivity (Wildman–Crippen MR) is 119 cm³/mol. The highest BCUT2D eigenvalue weighted by molar-refractivity contribution is 7.17. The number of carbonyl (C=O) groups is 1. The second-order valence-electron chi connectivity index (χ2n) is 7.62. The molecule has 8 nitrogen and oxygen atoms in total. The number of hydrogen-bond donors (Lipinski definition) is 2. The Hall–Kier alpha value is -2.92. The van der Waals surface area contributed by atoms with Crippen LogP contribution >= 0.6 is 11.3 Å². The second kappa shape index (κ2) is 9.70. The summed E-state index contributed by atoms with van der Waals surface area (Å²) in [7, 11) is 0. The first kappa shape index (κ1) is 22.3. The zero-order chi connectivity index (χ0) is 22.7. The minimum absolute atomic E-state index is 0.00865. The first-order chi connectivity index (χ1) is 15.5. The number of anilines is 1. The molecule has 0 aliphatic carbocycles. The SMILES string of the molecule is NC=C(C=NCCF)N1Cc2nc(-c3ccc(N4CCC(CO)CC4)nc3F)sc2C1=O. The summed E-state index contributed by atoms with van der Waals surface area (Å²) in [6.07, 6.45) is 4.29. The van der Waals surface area contributed by atoms with Crippen LogP contribution in [0.2, 0.25) is 0 Å². The number of aliphatic hydroxyl groups excluding tert-OH is 1. The largest absolute Gasteiger partial charge is 0.403 e. The fourth-order valence-corrected chi connectivity index (χ4v) is 4.85. The van der Waals surface area contributed by atoms with Gasteiger partial charge in [0.2, 0.25) is 5.95 Å². The molecule has 0 saturated carbocycles. The molecule has 1 saturated heterocycles. The fraction of sp³-hybridized carbons (Fsp3) is 0.429. The number of nitrogens with two attached hydrogens (primary N) is 1. The van der Waals surface area contributed by atoms with Crippen molar-refractivity contribution in [1.29, 1.82) is 0 Å². The highest BCUT2D eigenvalue weighted by Crippen LogP contribution is 2.36. The number of aliphatic hydroxyl groups is 1. The van der Waals surface area contributed by atoms with Crippen molar-refractivity contribution in [3.8, 4) is 10.6 Å². The van der Waals surface area contributed by atoms with Crippen LogP contribution in [0.5, 0.6) is 0 Å². The average Bonchev–Trinajstić information content (AvgIpc) is 3.36. The molecule has 4 rings (SSSR count). The molecule has 0 spiro atoms. The summed E-state index contributed by atoms with van der Waals surface area (Å²) < 4.78 is 27.1. The van der Waals surface area contributed by atoms with E-state index >= 15 is 0 Å². The lowest BCUT2D eigenvalue weighted by molar-refractivity contribution is 0.0837. The van der Waals surface area contributed by atoms with Crippen LogP contribution in [0, 0.1) is 11.9 Å². The molecular weight excluding hydrogens is 438 g/mol. The number of amides is 1. The minimum atomic E-state index is -0.635. The fourth-order valence-electron chi connectivity index (χ4n) is 3.81. The molecule has 170 valence electrons. The number of rotatable bonds is 7. The Kier molecular flexibility index (Phi) is 6.75. The van der Waals surface area contributed by atoms with Crippen molar-refractivity contribution < 1.29 is 18.7 Å². The molecule has 2 aromatic heterocycles. The van der Waals surface area contributed by atoms with Crippen molar-refractivity contribution in [1.82, 2.24) is 14.9 Å². The third-order valence-corrected chi connectivity index (χ3v) is 6.74. The number of piperidine rings is 1. The van der Waals surface area contributed by atoms with Crippen molar-refractivity contribution in [2.45, 2.75) is 19.4 Å². The number of fused-ring (bicyclic) bond motifs is 1. The summed E-state index contributed by atoms with van der Waals surface area (Å²) in [4.78, 5) is 29.1. The lowest BCUT2D eigenvalue weighted by Gasteiger charge is -2.32. The van der Waals surface area contributed by atoms with E-state index in [1.807, 2.05) is 4.90 Å². The quantitative estimate of drug-likeness (QED) is 0.483. The van der Waals surface area contributed by atoms with Gasteiger partial charge >= 0.3 is 0 Å². The third kappa shape index (κ3) is 4.35. The van der Waals surface area contributed by atoms with Crippen molar-refractivity contribution in [2.75, 3.05) is 37.8 Å². The molecule has 0 aromatic carbocycles. The van der Waals surface area contributed by atoms with Gasteiger partial charge in [-0.2, -0.15) is 4.39 Å². The Labute approximate surface area is 188 Å². The van der Waals surface area contributed by atoms with Gasteiger partial charge in [0.25, 0.3) is 5.91 Å². The summed E-state index contributed by atoms with van der Waals surface area (Å²) in [5.74, 6) is -0.0950. The topological polar surface area (TPSA) is 108 Å². The molecular formula is C21H24F2N6O2S.